The Morgan fingerprint density at radius 3 is 2.58 bits per heavy atom. The molecular weight excluding hydrogens is 334 g/mol. The normalized spacial score (nSPS) is 21.7. The van der Waals surface area contributed by atoms with Crippen molar-refractivity contribution in [1.82, 2.24) is 15.6 Å². The van der Waals surface area contributed by atoms with E-state index in [1.807, 2.05) is 0 Å². The summed E-state index contributed by atoms with van der Waals surface area (Å²) in [6, 6.07) is 0.237. The van der Waals surface area contributed by atoms with Gasteiger partial charge in [0.2, 0.25) is 5.91 Å². The van der Waals surface area contributed by atoms with Gasteiger partial charge in [0.1, 0.15) is 18.7 Å². The minimum Gasteiger partial charge on any atom is -0.368 e. The lowest BCUT2D eigenvalue weighted by atomic mass is 9.76. The van der Waals surface area contributed by atoms with Crippen LogP contribution < -0.4 is 10.6 Å². The minimum absolute atomic E-state index is 0.00394. The lowest BCUT2D eigenvalue weighted by Crippen LogP contribution is -2.54. The molecule has 2 heterocycles. The van der Waals surface area contributed by atoms with Crippen molar-refractivity contribution in [3.8, 4) is 0 Å². The quantitative estimate of drug-likeness (QED) is 0.686. The Morgan fingerprint density at radius 1 is 1.38 bits per heavy atom. The van der Waals surface area contributed by atoms with Gasteiger partial charge in [-0.2, -0.15) is 0 Å². The molecule has 1 saturated heterocycles. The van der Waals surface area contributed by atoms with Crippen LogP contribution in [0.15, 0.2) is 18.5 Å². The van der Waals surface area contributed by atoms with Crippen molar-refractivity contribution in [2.75, 3.05) is 6.61 Å². The number of H-pyrrole nitrogens is 1. The number of Topliss-reactive ketones (excluding diaryl/α,β-unsaturated/α-hetero) is 1. The van der Waals surface area contributed by atoms with Crippen LogP contribution in [0.2, 0.25) is 0 Å². The highest BCUT2D eigenvalue weighted by atomic mass is 16.5. The number of hydrogen-bond donors (Lipinski definition) is 3. The molecular formula is C19H29N3O4. The molecule has 0 spiro atoms. The van der Waals surface area contributed by atoms with Crippen LogP contribution in [-0.2, 0) is 14.3 Å². The molecule has 0 aromatic carbocycles. The molecule has 1 aliphatic rings. The van der Waals surface area contributed by atoms with Gasteiger partial charge in [0.15, 0.2) is 5.78 Å². The zero-order chi connectivity index (χ0) is 19.5. The van der Waals surface area contributed by atoms with E-state index >= 15 is 0 Å². The highest BCUT2D eigenvalue weighted by Gasteiger charge is 2.37. The van der Waals surface area contributed by atoms with Crippen molar-refractivity contribution in [3.05, 3.63) is 24.0 Å². The highest BCUT2D eigenvalue weighted by Crippen LogP contribution is 2.31. The molecule has 3 N–H and O–H groups in total. The summed E-state index contributed by atoms with van der Waals surface area (Å²) >= 11 is 0. The Kier molecular flexibility index (Phi) is 6.23. The first-order valence-electron chi connectivity index (χ1n) is 9.00. The van der Waals surface area contributed by atoms with E-state index in [0.717, 1.165) is 0 Å². The number of nitrogens with one attached hydrogen (secondary N) is 3. The second-order valence-electron chi connectivity index (χ2n) is 7.94. The maximum absolute atomic E-state index is 12.9. The number of aromatic nitrogens is 1. The lowest BCUT2D eigenvalue weighted by molar-refractivity contribution is -0.128. The van der Waals surface area contributed by atoms with Crippen LogP contribution in [0.25, 0.3) is 0 Å². The van der Waals surface area contributed by atoms with Gasteiger partial charge in [-0.1, -0.05) is 27.7 Å². The van der Waals surface area contributed by atoms with E-state index in [-0.39, 0.29) is 35.7 Å². The van der Waals surface area contributed by atoms with Crippen LogP contribution in [0.5, 0.6) is 0 Å². The maximum Gasteiger partial charge on any atom is 0.253 e. The molecule has 0 bridgehead atoms. The van der Waals surface area contributed by atoms with Crippen molar-refractivity contribution in [3.63, 3.8) is 0 Å². The number of ether oxygens (including phenoxy) is 1. The van der Waals surface area contributed by atoms with Gasteiger partial charge in [0, 0.05) is 12.4 Å². The summed E-state index contributed by atoms with van der Waals surface area (Å²) in [5.74, 6) is -0.520. The van der Waals surface area contributed by atoms with Crippen LogP contribution in [-0.4, -0.2) is 47.4 Å². The molecule has 2 rings (SSSR count). The summed E-state index contributed by atoms with van der Waals surface area (Å²) in [4.78, 5) is 40.0. The summed E-state index contributed by atoms with van der Waals surface area (Å²) in [5.41, 5.74) is 0.286. The number of ketones is 1. The Hall–Kier alpha value is -2.15. The highest BCUT2D eigenvalue weighted by molar-refractivity contribution is 5.98. The number of carbonyl (C=O) groups is 3. The Labute approximate surface area is 154 Å². The Balaban J connectivity index is 2.14. The van der Waals surface area contributed by atoms with Gasteiger partial charge in [-0.25, -0.2) is 0 Å². The van der Waals surface area contributed by atoms with Gasteiger partial charge in [-0.3, -0.25) is 14.4 Å². The van der Waals surface area contributed by atoms with E-state index in [9.17, 15) is 14.4 Å². The molecule has 0 radical (unpaired) electrons. The predicted octanol–water partition coefficient (Wildman–Crippen LogP) is 1.66. The molecule has 2 amide bonds. The van der Waals surface area contributed by atoms with Crippen LogP contribution in [0.3, 0.4) is 0 Å². The third-order valence-electron chi connectivity index (χ3n) is 5.38. The van der Waals surface area contributed by atoms with Gasteiger partial charge < -0.3 is 20.4 Å². The van der Waals surface area contributed by atoms with Gasteiger partial charge in [0.25, 0.3) is 5.91 Å². The van der Waals surface area contributed by atoms with Gasteiger partial charge in [-0.15, -0.1) is 0 Å². The summed E-state index contributed by atoms with van der Waals surface area (Å²) in [5, 5.41) is 5.57. The van der Waals surface area contributed by atoms with E-state index in [2.05, 4.69) is 43.3 Å². The molecule has 144 valence electrons. The molecule has 7 heteroatoms. The first-order chi connectivity index (χ1) is 12.1. The largest absolute Gasteiger partial charge is 0.368 e. The Morgan fingerprint density at radius 2 is 2.08 bits per heavy atom. The fourth-order valence-corrected chi connectivity index (χ4v) is 2.79. The minimum atomic E-state index is -0.740. The van der Waals surface area contributed by atoms with Crippen molar-refractivity contribution in [2.24, 2.45) is 11.3 Å². The second-order valence-corrected chi connectivity index (χ2v) is 7.94. The first-order valence-corrected chi connectivity index (χ1v) is 9.00. The number of carbonyl (C=O) groups excluding carboxylic acids is 3. The van der Waals surface area contributed by atoms with Crippen LogP contribution in [0.4, 0.5) is 0 Å². The van der Waals surface area contributed by atoms with Gasteiger partial charge >= 0.3 is 0 Å². The lowest BCUT2D eigenvalue weighted by Gasteiger charge is -2.33. The SMILES string of the molecule is CC(C)C(C)(C)C[C@H](NC(=O)c1cc[nH]c1)C(=O)N[C@@H]1C(=O)CO[C@H]1C. The van der Waals surface area contributed by atoms with E-state index < -0.39 is 12.1 Å². The van der Waals surface area contributed by atoms with E-state index in [1.165, 1.54) is 0 Å². The fourth-order valence-electron chi connectivity index (χ4n) is 2.79. The van der Waals surface area contributed by atoms with Gasteiger partial charge in [-0.05, 0) is 30.7 Å². The first kappa shape index (κ1) is 20.2. The monoisotopic (exact) mass is 363 g/mol. The average Bonchev–Trinajstić information content (AvgIpc) is 3.19. The number of amides is 2. The number of rotatable bonds is 7. The Bertz CT molecular complexity index is 652. The number of aromatic amines is 1. The summed E-state index contributed by atoms with van der Waals surface area (Å²) < 4.78 is 5.28. The molecule has 1 fully saturated rings. The maximum atomic E-state index is 12.9. The predicted molar refractivity (Wildman–Crippen MR) is 97.6 cm³/mol. The fraction of sp³-hybridized carbons (Fsp3) is 0.632. The summed E-state index contributed by atoms with van der Waals surface area (Å²) in [6.07, 6.45) is 3.32. The zero-order valence-corrected chi connectivity index (χ0v) is 16.1. The van der Waals surface area contributed by atoms with Crippen molar-refractivity contribution >= 4 is 17.6 Å². The zero-order valence-electron chi connectivity index (χ0n) is 16.1. The van der Waals surface area contributed by atoms with Crippen LogP contribution in [0.1, 0.15) is 51.4 Å². The molecule has 0 unspecified atom stereocenters. The molecule has 1 aromatic heterocycles. The van der Waals surface area contributed by atoms with Crippen molar-refractivity contribution < 1.29 is 19.1 Å². The standard InChI is InChI=1S/C19H29N3O4/c1-11(2)19(4,5)8-14(21-17(24)13-6-7-20-9-13)18(25)22-16-12(3)26-10-15(16)23/h6-7,9,11-12,14,16,20H,8,10H2,1-5H3,(H,21,24)(H,22,25)/t12-,14-,16-/m0/s1. The molecule has 7 nitrogen and oxygen atoms in total. The van der Waals surface area contributed by atoms with Crippen molar-refractivity contribution in [2.45, 2.75) is 59.2 Å². The van der Waals surface area contributed by atoms with Crippen LogP contribution in [0, 0.1) is 11.3 Å². The third kappa shape index (κ3) is 4.72. The van der Waals surface area contributed by atoms with E-state index in [4.69, 9.17) is 4.74 Å². The van der Waals surface area contributed by atoms with E-state index in [0.29, 0.717) is 17.9 Å². The second kappa shape index (κ2) is 8.03. The molecule has 3 atom stereocenters. The molecule has 1 aromatic rings. The number of hydrogen-bond acceptors (Lipinski definition) is 4. The molecule has 0 saturated carbocycles. The molecule has 26 heavy (non-hydrogen) atoms. The summed E-state index contributed by atoms with van der Waals surface area (Å²) in [6.45, 7) is 10.0. The van der Waals surface area contributed by atoms with Gasteiger partial charge in [0.05, 0.1) is 11.7 Å². The summed E-state index contributed by atoms with van der Waals surface area (Å²) in [7, 11) is 0. The average molecular weight is 363 g/mol. The molecule has 0 aliphatic carbocycles. The van der Waals surface area contributed by atoms with Crippen molar-refractivity contribution in [1.29, 1.82) is 0 Å². The van der Waals surface area contributed by atoms with Crippen LogP contribution >= 0.6 is 0 Å². The topological polar surface area (TPSA) is 100 Å². The molecule has 1 aliphatic heterocycles. The third-order valence-corrected chi connectivity index (χ3v) is 5.38. The smallest absolute Gasteiger partial charge is 0.253 e. The van der Waals surface area contributed by atoms with E-state index in [1.54, 1.807) is 25.4 Å².